The number of rotatable bonds is 6. The molecule has 1 N–H and O–H groups in total. The molecule has 0 saturated carbocycles. The second kappa shape index (κ2) is 8.47. The summed E-state index contributed by atoms with van der Waals surface area (Å²) in [6, 6.07) is 9.91. The van der Waals surface area contributed by atoms with Crippen molar-refractivity contribution in [3.8, 4) is 11.6 Å². The maximum atomic E-state index is 12.3. The molecule has 0 spiro atoms. The van der Waals surface area contributed by atoms with E-state index >= 15 is 0 Å². The quantitative estimate of drug-likeness (QED) is 0.631. The zero-order valence-electron chi connectivity index (χ0n) is 15.5. The molecule has 26 heavy (non-hydrogen) atoms. The Morgan fingerprint density at radius 2 is 2.00 bits per heavy atom. The Balaban J connectivity index is 2.25. The number of carbonyl (C=O) groups is 1. The summed E-state index contributed by atoms with van der Waals surface area (Å²) < 4.78 is 10.5. The van der Waals surface area contributed by atoms with Crippen LogP contribution in [0.3, 0.4) is 0 Å². The molecule has 0 aliphatic heterocycles. The Bertz CT molecular complexity index is 764. The van der Waals surface area contributed by atoms with Crippen LogP contribution in [0.1, 0.15) is 44.4 Å². The van der Waals surface area contributed by atoms with Gasteiger partial charge in [0.15, 0.2) is 0 Å². The normalized spacial score (nSPS) is 12.8. The van der Waals surface area contributed by atoms with Crippen molar-refractivity contribution in [2.45, 2.75) is 38.8 Å². The number of para-hydroxylation sites is 1. The van der Waals surface area contributed by atoms with Crippen LogP contribution in [0.25, 0.3) is 0 Å². The molecule has 1 atom stereocenters. The summed E-state index contributed by atoms with van der Waals surface area (Å²) in [5, 5.41) is 9.89. The van der Waals surface area contributed by atoms with Crippen LogP contribution in [0.2, 0.25) is 0 Å². The van der Waals surface area contributed by atoms with Gasteiger partial charge in [-0.3, -0.25) is 9.79 Å². The predicted octanol–water partition coefficient (Wildman–Crippen LogP) is 3.69. The van der Waals surface area contributed by atoms with Crippen molar-refractivity contribution in [3.63, 3.8) is 0 Å². The summed E-state index contributed by atoms with van der Waals surface area (Å²) in [5.41, 5.74) is 0.757. The molecule has 138 valence electrons. The smallest absolute Gasteiger partial charge is 0.308 e. The van der Waals surface area contributed by atoms with Crippen LogP contribution in [0.5, 0.6) is 11.6 Å². The van der Waals surface area contributed by atoms with E-state index in [1.54, 1.807) is 42.7 Å². The fourth-order valence-electron chi connectivity index (χ4n) is 2.27. The molecule has 6 nitrogen and oxygen atoms in total. The highest BCUT2D eigenvalue weighted by molar-refractivity contribution is 5.83. The number of benzene rings is 1. The van der Waals surface area contributed by atoms with Crippen molar-refractivity contribution in [1.29, 1.82) is 0 Å². The first-order valence-corrected chi connectivity index (χ1v) is 8.31. The van der Waals surface area contributed by atoms with Crippen LogP contribution < -0.4 is 4.74 Å². The van der Waals surface area contributed by atoms with Gasteiger partial charge in [0.2, 0.25) is 5.88 Å². The van der Waals surface area contributed by atoms with E-state index < -0.39 is 11.6 Å². The zero-order valence-corrected chi connectivity index (χ0v) is 15.5. The minimum atomic E-state index is -0.568. The van der Waals surface area contributed by atoms with Crippen LogP contribution in [0.4, 0.5) is 0 Å². The van der Waals surface area contributed by atoms with E-state index in [1.165, 1.54) is 7.11 Å². The third kappa shape index (κ3) is 5.88. The maximum absolute atomic E-state index is 12.3. The summed E-state index contributed by atoms with van der Waals surface area (Å²) in [4.78, 5) is 20.9. The number of ether oxygens (including phenoxy) is 2. The van der Waals surface area contributed by atoms with Gasteiger partial charge in [-0.25, -0.2) is 4.98 Å². The van der Waals surface area contributed by atoms with E-state index in [0.717, 1.165) is 5.56 Å². The highest BCUT2D eigenvalue weighted by Gasteiger charge is 2.21. The number of phenolic OH excluding ortho intramolecular Hbond substituents is 1. The van der Waals surface area contributed by atoms with Crippen LogP contribution >= 0.6 is 0 Å². The van der Waals surface area contributed by atoms with Crippen molar-refractivity contribution < 1.29 is 19.4 Å². The number of aliphatic imine (C=N–C) groups is 1. The minimum Gasteiger partial charge on any atom is -0.507 e. The number of aromatic hydroxyl groups is 1. The Kier molecular flexibility index (Phi) is 6.33. The SMILES string of the molecule is COc1ccc([C@H](CC(=O)OC(C)(C)C)N=Cc2ccccc2O)cn1. The molecule has 0 aliphatic carbocycles. The van der Waals surface area contributed by atoms with E-state index in [1.807, 2.05) is 26.8 Å². The van der Waals surface area contributed by atoms with Gasteiger partial charge >= 0.3 is 5.97 Å². The first kappa shape index (κ1) is 19.4. The topological polar surface area (TPSA) is 81.0 Å². The molecule has 1 heterocycles. The van der Waals surface area contributed by atoms with Gasteiger partial charge in [0.1, 0.15) is 11.4 Å². The molecule has 0 radical (unpaired) electrons. The second-order valence-corrected chi connectivity index (χ2v) is 6.78. The molecule has 0 saturated heterocycles. The lowest BCUT2D eigenvalue weighted by Crippen LogP contribution is -2.24. The molecule has 0 unspecified atom stereocenters. The molecular weight excluding hydrogens is 332 g/mol. The number of carbonyl (C=O) groups excluding carboxylic acids is 1. The zero-order chi connectivity index (χ0) is 19.2. The first-order chi connectivity index (χ1) is 12.3. The fourth-order valence-corrected chi connectivity index (χ4v) is 2.27. The second-order valence-electron chi connectivity index (χ2n) is 6.78. The molecule has 2 aromatic rings. The first-order valence-electron chi connectivity index (χ1n) is 8.31. The van der Waals surface area contributed by atoms with E-state index in [4.69, 9.17) is 9.47 Å². The average molecular weight is 356 g/mol. The Morgan fingerprint density at radius 1 is 1.27 bits per heavy atom. The standard InChI is InChI=1S/C20H24N2O4/c1-20(2,3)26-19(24)11-16(14-9-10-18(25-4)22-12-14)21-13-15-7-5-6-8-17(15)23/h5-10,12-13,16,23H,11H2,1-4H3/t16-/m0/s1. The van der Waals surface area contributed by atoms with Crippen LogP contribution in [0, 0.1) is 0 Å². The van der Waals surface area contributed by atoms with E-state index in [0.29, 0.717) is 11.4 Å². The number of hydrogen-bond donors (Lipinski definition) is 1. The minimum absolute atomic E-state index is 0.0649. The number of phenols is 1. The summed E-state index contributed by atoms with van der Waals surface area (Å²) >= 11 is 0. The number of methoxy groups -OCH3 is 1. The van der Waals surface area contributed by atoms with Gasteiger partial charge in [0.25, 0.3) is 0 Å². The third-order valence-electron chi connectivity index (χ3n) is 3.46. The number of nitrogens with zero attached hydrogens (tertiary/aromatic N) is 2. The van der Waals surface area contributed by atoms with E-state index in [-0.39, 0.29) is 18.1 Å². The maximum Gasteiger partial charge on any atom is 0.308 e. The molecular formula is C20H24N2O4. The van der Waals surface area contributed by atoms with Crippen molar-refractivity contribution in [2.24, 2.45) is 4.99 Å². The van der Waals surface area contributed by atoms with Gasteiger partial charge < -0.3 is 14.6 Å². The molecule has 6 heteroatoms. The number of aromatic nitrogens is 1. The highest BCUT2D eigenvalue weighted by Crippen LogP contribution is 2.25. The van der Waals surface area contributed by atoms with Crippen molar-refractivity contribution in [2.75, 3.05) is 7.11 Å². The van der Waals surface area contributed by atoms with Crippen molar-refractivity contribution in [3.05, 3.63) is 53.7 Å². The van der Waals surface area contributed by atoms with Gasteiger partial charge in [-0.1, -0.05) is 12.1 Å². The fraction of sp³-hybridized carbons (Fsp3) is 0.350. The molecule has 0 bridgehead atoms. The lowest BCUT2D eigenvalue weighted by molar-refractivity contribution is -0.155. The van der Waals surface area contributed by atoms with Crippen molar-refractivity contribution >= 4 is 12.2 Å². The van der Waals surface area contributed by atoms with Gasteiger partial charge in [0.05, 0.1) is 19.6 Å². The number of hydrogen-bond acceptors (Lipinski definition) is 6. The Morgan fingerprint density at radius 3 is 2.58 bits per heavy atom. The van der Waals surface area contributed by atoms with Gasteiger partial charge in [0, 0.05) is 24.0 Å². The predicted molar refractivity (Wildman–Crippen MR) is 99.7 cm³/mol. The summed E-state index contributed by atoms with van der Waals surface area (Å²) in [5.74, 6) is 0.252. The van der Waals surface area contributed by atoms with Gasteiger partial charge in [-0.2, -0.15) is 0 Å². The summed E-state index contributed by atoms with van der Waals surface area (Å²) in [7, 11) is 1.54. The van der Waals surface area contributed by atoms with Crippen LogP contribution in [-0.2, 0) is 9.53 Å². The van der Waals surface area contributed by atoms with Gasteiger partial charge in [-0.05, 0) is 44.5 Å². The number of pyridine rings is 1. The lowest BCUT2D eigenvalue weighted by Gasteiger charge is -2.21. The van der Waals surface area contributed by atoms with Gasteiger partial charge in [-0.15, -0.1) is 0 Å². The van der Waals surface area contributed by atoms with Crippen LogP contribution in [0.15, 0.2) is 47.6 Å². The highest BCUT2D eigenvalue weighted by atomic mass is 16.6. The molecule has 1 aromatic carbocycles. The molecule has 0 aliphatic rings. The Labute approximate surface area is 153 Å². The third-order valence-corrected chi connectivity index (χ3v) is 3.46. The lowest BCUT2D eigenvalue weighted by atomic mass is 10.1. The molecule has 0 fully saturated rings. The summed E-state index contributed by atoms with van der Waals surface area (Å²) in [6.07, 6.45) is 3.24. The molecule has 1 aromatic heterocycles. The molecule has 2 rings (SSSR count). The van der Waals surface area contributed by atoms with Crippen molar-refractivity contribution in [1.82, 2.24) is 4.98 Å². The van der Waals surface area contributed by atoms with E-state index in [9.17, 15) is 9.90 Å². The largest absolute Gasteiger partial charge is 0.507 e. The monoisotopic (exact) mass is 356 g/mol. The average Bonchev–Trinajstić information content (AvgIpc) is 2.58. The van der Waals surface area contributed by atoms with E-state index in [2.05, 4.69) is 9.98 Å². The summed E-state index contributed by atoms with van der Waals surface area (Å²) in [6.45, 7) is 5.46. The Hall–Kier alpha value is -2.89. The number of esters is 1. The molecule has 0 amide bonds. The van der Waals surface area contributed by atoms with Crippen LogP contribution in [-0.4, -0.2) is 35.0 Å².